The van der Waals surface area contributed by atoms with Crippen LogP contribution in [0.25, 0.3) is 71.3 Å². The Morgan fingerprint density at radius 3 is 1.75 bits per heavy atom. The summed E-state index contributed by atoms with van der Waals surface area (Å²) in [5.41, 5.74) is 11.7. The fourth-order valence-corrected chi connectivity index (χ4v) is 7.98. The van der Waals surface area contributed by atoms with Gasteiger partial charge in [0.05, 0.1) is 16.7 Å². The summed E-state index contributed by atoms with van der Waals surface area (Å²) in [6.07, 6.45) is 0. The molecule has 0 aliphatic carbocycles. The van der Waals surface area contributed by atoms with Crippen LogP contribution in [0.4, 0.5) is 17.1 Å². The van der Waals surface area contributed by atoms with Gasteiger partial charge in [0.2, 0.25) is 0 Å². The first-order valence-corrected chi connectivity index (χ1v) is 17.9. The topological polar surface area (TPSA) is 8.17 Å². The molecule has 0 unspecified atom stereocenters. The van der Waals surface area contributed by atoms with E-state index in [1.165, 1.54) is 65.6 Å². The van der Waals surface area contributed by atoms with E-state index in [-0.39, 0.29) is 0 Å². The van der Waals surface area contributed by atoms with Gasteiger partial charge in [0, 0.05) is 38.8 Å². The van der Waals surface area contributed by atoms with Crippen LogP contribution in [0, 0.1) is 0 Å². The summed E-state index contributed by atoms with van der Waals surface area (Å²) in [7, 11) is 0. The fourth-order valence-electron chi connectivity index (χ4n) is 7.98. The maximum Gasteiger partial charge on any atom is 0.0619 e. The van der Waals surface area contributed by atoms with E-state index in [9.17, 15) is 0 Å². The number of hydrogen-bond donors (Lipinski definition) is 0. The SMILES string of the molecule is c1ccc(-c2ccccc2N(c2ccc(-c3cccc4ccccc34)cc2)c2ccc3c(c2)c2ccc4ccccc4c2n3-c2ccccc2)cc1. The van der Waals surface area contributed by atoms with Crippen molar-refractivity contribution >= 4 is 60.4 Å². The maximum atomic E-state index is 2.43. The molecule has 1 heterocycles. The van der Waals surface area contributed by atoms with E-state index in [4.69, 9.17) is 0 Å². The van der Waals surface area contributed by atoms with Gasteiger partial charge in [0.1, 0.15) is 0 Å². The molecule has 0 amide bonds. The smallest absolute Gasteiger partial charge is 0.0619 e. The van der Waals surface area contributed by atoms with Crippen LogP contribution in [0.5, 0.6) is 0 Å². The van der Waals surface area contributed by atoms with E-state index in [0.29, 0.717) is 0 Å². The largest absolute Gasteiger partial charge is 0.310 e. The number of aromatic nitrogens is 1. The summed E-state index contributed by atoms with van der Waals surface area (Å²) >= 11 is 0. The highest BCUT2D eigenvalue weighted by Crippen LogP contribution is 2.44. The van der Waals surface area contributed by atoms with Crippen LogP contribution >= 0.6 is 0 Å². The van der Waals surface area contributed by atoms with Gasteiger partial charge < -0.3 is 9.47 Å². The van der Waals surface area contributed by atoms with Gasteiger partial charge in [-0.1, -0.05) is 158 Å². The van der Waals surface area contributed by atoms with Gasteiger partial charge in [-0.25, -0.2) is 0 Å². The Morgan fingerprint density at radius 2 is 0.942 bits per heavy atom. The van der Waals surface area contributed by atoms with E-state index in [0.717, 1.165) is 22.7 Å². The van der Waals surface area contributed by atoms with Crippen molar-refractivity contribution in [3.63, 3.8) is 0 Å². The van der Waals surface area contributed by atoms with Gasteiger partial charge in [-0.2, -0.15) is 0 Å². The van der Waals surface area contributed by atoms with Crippen molar-refractivity contribution in [2.45, 2.75) is 0 Å². The lowest BCUT2D eigenvalue weighted by Gasteiger charge is -2.28. The predicted octanol–water partition coefficient (Wildman–Crippen LogP) is 13.9. The first kappa shape index (κ1) is 30.0. The number of para-hydroxylation sites is 2. The highest BCUT2D eigenvalue weighted by molar-refractivity contribution is 6.19. The minimum atomic E-state index is 1.10. The van der Waals surface area contributed by atoms with Crippen LogP contribution in [0.3, 0.4) is 0 Å². The van der Waals surface area contributed by atoms with Crippen LogP contribution in [-0.2, 0) is 0 Å². The Morgan fingerprint density at radius 1 is 0.346 bits per heavy atom. The van der Waals surface area contributed by atoms with Gasteiger partial charge in [0.15, 0.2) is 0 Å². The Hall–Kier alpha value is -6.90. The number of nitrogens with zero attached hydrogens (tertiary/aromatic N) is 2. The molecule has 0 radical (unpaired) electrons. The molecular formula is C50H34N2. The second-order valence-electron chi connectivity index (χ2n) is 13.3. The molecule has 0 aliphatic rings. The Balaban J connectivity index is 1.21. The number of hydrogen-bond acceptors (Lipinski definition) is 1. The van der Waals surface area contributed by atoms with Crippen LogP contribution in [0.1, 0.15) is 0 Å². The monoisotopic (exact) mass is 662 g/mol. The summed E-state index contributed by atoms with van der Waals surface area (Å²) < 4.78 is 2.43. The molecule has 2 nitrogen and oxygen atoms in total. The number of rotatable bonds is 6. The first-order chi connectivity index (χ1) is 25.8. The van der Waals surface area contributed by atoms with Crippen molar-refractivity contribution in [2.75, 3.05) is 4.90 Å². The number of anilines is 3. The number of fused-ring (bicyclic) bond motifs is 6. The molecule has 1 aromatic heterocycles. The maximum absolute atomic E-state index is 2.43. The zero-order valence-corrected chi connectivity index (χ0v) is 28.5. The molecule has 0 N–H and O–H groups in total. The summed E-state index contributed by atoms with van der Waals surface area (Å²) in [6.45, 7) is 0. The van der Waals surface area contributed by atoms with Crippen molar-refractivity contribution in [1.82, 2.24) is 4.57 Å². The van der Waals surface area contributed by atoms with Crippen molar-refractivity contribution < 1.29 is 0 Å². The summed E-state index contributed by atoms with van der Waals surface area (Å²) in [5.74, 6) is 0. The van der Waals surface area contributed by atoms with E-state index < -0.39 is 0 Å². The molecule has 10 rings (SSSR count). The minimum Gasteiger partial charge on any atom is -0.310 e. The Bertz CT molecular complexity index is 2880. The molecule has 52 heavy (non-hydrogen) atoms. The van der Waals surface area contributed by atoms with Crippen LogP contribution in [-0.4, -0.2) is 4.57 Å². The average molecular weight is 663 g/mol. The Labute approximate surface area is 303 Å². The molecule has 0 aliphatic heterocycles. The molecule has 0 spiro atoms. The normalized spacial score (nSPS) is 11.5. The average Bonchev–Trinajstić information content (AvgIpc) is 3.56. The van der Waals surface area contributed by atoms with Crippen LogP contribution in [0.15, 0.2) is 206 Å². The van der Waals surface area contributed by atoms with Crippen molar-refractivity contribution in [1.29, 1.82) is 0 Å². The van der Waals surface area contributed by atoms with Gasteiger partial charge in [-0.05, 0) is 81.4 Å². The van der Waals surface area contributed by atoms with Crippen LogP contribution in [0.2, 0.25) is 0 Å². The molecule has 9 aromatic carbocycles. The highest BCUT2D eigenvalue weighted by atomic mass is 15.1. The molecule has 10 aromatic rings. The molecule has 0 saturated heterocycles. The van der Waals surface area contributed by atoms with E-state index >= 15 is 0 Å². The van der Waals surface area contributed by atoms with Crippen LogP contribution < -0.4 is 4.90 Å². The highest BCUT2D eigenvalue weighted by Gasteiger charge is 2.21. The fraction of sp³-hybridized carbons (Fsp3) is 0. The molecule has 0 saturated carbocycles. The molecule has 0 fully saturated rings. The molecule has 0 atom stereocenters. The number of benzene rings is 9. The third-order valence-electron chi connectivity index (χ3n) is 10.4. The van der Waals surface area contributed by atoms with Crippen molar-refractivity contribution in [2.24, 2.45) is 0 Å². The van der Waals surface area contributed by atoms with E-state index in [1.807, 2.05) is 0 Å². The van der Waals surface area contributed by atoms with Crippen molar-refractivity contribution in [3.05, 3.63) is 206 Å². The lowest BCUT2D eigenvalue weighted by atomic mass is 9.97. The van der Waals surface area contributed by atoms with Gasteiger partial charge in [-0.15, -0.1) is 0 Å². The summed E-state index contributed by atoms with van der Waals surface area (Å²) in [5, 5.41) is 7.45. The lowest BCUT2D eigenvalue weighted by molar-refractivity contribution is 1.18. The van der Waals surface area contributed by atoms with E-state index in [2.05, 4.69) is 216 Å². The molecule has 244 valence electrons. The summed E-state index contributed by atoms with van der Waals surface area (Å²) in [4.78, 5) is 2.42. The van der Waals surface area contributed by atoms with Gasteiger partial charge in [0.25, 0.3) is 0 Å². The quantitative estimate of drug-likeness (QED) is 0.172. The van der Waals surface area contributed by atoms with Gasteiger partial charge in [-0.3, -0.25) is 0 Å². The first-order valence-electron chi connectivity index (χ1n) is 17.9. The van der Waals surface area contributed by atoms with Crippen molar-refractivity contribution in [3.8, 4) is 27.9 Å². The molecule has 2 heteroatoms. The standard InChI is InChI=1S/C50H34N2/c1-3-14-36(15-4-1)44-22-11-12-25-48(44)51(40-29-26-38(27-30-40)43-24-13-18-35-16-7-9-21-42(35)43)41-31-33-49-47(34-41)46-32-28-37-17-8-10-23-45(37)50(46)52(49)39-19-5-2-6-20-39/h1-34H. The van der Waals surface area contributed by atoms with E-state index in [1.54, 1.807) is 0 Å². The third kappa shape index (κ3) is 4.96. The second kappa shape index (κ2) is 12.5. The minimum absolute atomic E-state index is 1.10. The second-order valence-corrected chi connectivity index (χ2v) is 13.3. The third-order valence-corrected chi connectivity index (χ3v) is 10.4. The lowest BCUT2D eigenvalue weighted by Crippen LogP contribution is -2.11. The molecular weight excluding hydrogens is 629 g/mol. The molecule has 0 bridgehead atoms. The summed E-state index contributed by atoms with van der Waals surface area (Å²) in [6, 6.07) is 74.7. The Kier molecular flexibility index (Phi) is 7.18. The van der Waals surface area contributed by atoms with Gasteiger partial charge >= 0.3 is 0 Å². The predicted molar refractivity (Wildman–Crippen MR) is 221 cm³/mol. The zero-order chi connectivity index (χ0) is 34.4. The zero-order valence-electron chi connectivity index (χ0n) is 28.5.